The molecule has 1 aromatic heterocycles. The first-order valence-electron chi connectivity index (χ1n) is 6.78. The van der Waals surface area contributed by atoms with Crippen molar-refractivity contribution in [1.29, 1.82) is 5.26 Å². The molecule has 1 aliphatic rings. The number of nitrogens with zero attached hydrogens (tertiary/aromatic N) is 2. The van der Waals surface area contributed by atoms with Crippen LogP contribution in [-0.4, -0.2) is 16.4 Å². The summed E-state index contributed by atoms with van der Waals surface area (Å²) in [5.74, 6) is -2.18. The van der Waals surface area contributed by atoms with Gasteiger partial charge in [-0.3, -0.25) is 24.3 Å². The number of rotatable bonds is 1. The monoisotopic (exact) mass is 426 g/mol. The molecule has 2 amide bonds. The number of nitrogens with two attached hydrogens (primary N) is 1. The highest BCUT2D eigenvalue weighted by Crippen LogP contribution is 2.37. The van der Waals surface area contributed by atoms with E-state index in [0.717, 1.165) is 12.1 Å². The van der Waals surface area contributed by atoms with Crippen LogP contribution in [0.15, 0.2) is 27.5 Å². The molecule has 26 heavy (non-hydrogen) atoms. The standard InChI is InChI=1S/C15H6BrF3N4O3/c16-8-1-5(4-20)7(15(17,18)19)3-9(8)23-10(24)2-6-11(12(23)21)14(26)22-13(6)25/h1-3H,21H2,(H,22,25,26). The van der Waals surface area contributed by atoms with E-state index in [1.807, 2.05) is 5.32 Å². The maximum Gasteiger partial charge on any atom is 0.417 e. The van der Waals surface area contributed by atoms with Crippen molar-refractivity contribution in [2.45, 2.75) is 6.18 Å². The first-order valence-corrected chi connectivity index (χ1v) is 7.58. The number of nitrogen functional groups attached to an aromatic ring is 1. The lowest BCUT2D eigenvalue weighted by atomic mass is 10.1. The van der Waals surface area contributed by atoms with Gasteiger partial charge in [-0.2, -0.15) is 18.4 Å². The third-order valence-corrected chi connectivity index (χ3v) is 4.34. The van der Waals surface area contributed by atoms with Crippen LogP contribution in [0.3, 0.4) is 0 Å². The second-order valence-electron chi connectivity index (χ2n) is 5.23. The second-order valence-corrected chi connectivity index (χ2v) is 6.09. The Morgan fingerprint density at radius 2 is 1.81 bits per heavy atom. The number of pyridine rings is 1. The van der Waals surface area contributed by atoms with Gasteiger partial charge in [0.1, 0.15) is 5.82 Å². The summed E-state index contributed by atoms with van der Waals surface area (Å²) in [7, 11) is 0. The third kappa shape index (κ3) is 2.55. The molecule has 1 aliphatic heterocycles. The van der Waals surface area contributed by atoms with Gasteiger partial charge < -0.3 is 5.73 Å². The maximum atomic E-state index is 13.2. The molecule has 0 radical (unpaired) electrons. The van der Waals surface area contributed by atoms with Gasteiger partial charge in [0.25, 0.3) is 17.4 Å². The van der Waals surface area contributed by atoms with E-state index < -0.39 is 40.5 Å². The van der Waals surface area contributed by atoms with Gasteiger partial charge in [0.05, 0.1) is 34.0 Å². The molecule has 3 rings (SSSR count). The SMILES string of the molecule is N#Cc1cc(Br)c(-n2c(N)c3c(cc2=O)C(=O)NC3=O)cc1C(F)(F)F. The average Bonchev–Trinajstić information content (AvgIpc) is 2.81. The molecule has 0 saturated carbocycles. The van der Waals surface area contributed by atoms with Crippen LogP contribution in [0, 0.1) is 11.3 Å². The Kier molecular flexibility index (Phi) is 3.88. The predicted octanol–water partition coefficient (Wildman–Crippen LogP) is 1.96. The molecule has 11 heteroatoms. The van der Waals surface area contributed by atoms with Gasteiger partial charge in [0.2, 0.25) is 0 Å². The first-order chi connectivity index (χ1) is 12.1. The van der Waals surface area contributed by atoms with Crippen LogP contribution in [0.1, 0.15) is 31.8 Å². The van der Waals surface area contributed by atoms with E-state index in [-0.39, 0.29) is 21.3 Å². The number of aromatic nitrogens is 1. The summed E-state index contributed by atoms with van der Waals surface area (Å²) in [4.78, 5) is 35.8. The van der Waals surface area contributed by atoms with Gasteiger partial charge in [-0.25, -0.2) is 0 Å². The van der Waals surface area contributed by atoms with E-state index in [9.17, 15) is 27.6 Å². The maximum absolute atomic E-state index is 13.2. The van der Waals surface area contributed by atoms with E-state index in [1.54, 1.807) is 0 Å². The first kappa shape index (κ1) is 17.7. The Hall–Kier alpha value is -3.13. The van der Waals surface area contributed by atoms with Crippen LogP contribution in [0.5, 0.6) is 0 Å². The summed E-state index contributed by atoms with van der Waals surface area (Å²) in [5.41, 5.74) is 2.07. The number of hydrogen-bond donors (Lipinski definition) is 2. The highest BCUT2D eigenvalue weighted by atomic mass is 79.9. The number of fused-ring (bicyclic) bond motifs is 1. The molecule has 0 fully saturated rings. The van der Waals surface area contributed by atoms with Crippen LogP contribution in [0.4, 0.5) is 19.0 Å². The molecule has 0 unspecified atom stereocenters. The minimum atomic E-state index is -4.86. The van der Waals surface area contributed by atoms with Crippen molar-refractivity contribution in [3.63, 3.8) is 0 Å². The fourth-order valence-electron chi connectivity index (χ4n) is 2.59. The van der Waals surface area contributed by atoms with E-state index in [4.69, 9.17) is 11.0 Å². The molecule has 0 atom stereocenters. The van der Waals surface area contributed by atoms with Crippen LogP contribution < -0.4 is 16.6 Å². The minimum Gasteiger partial charge on any atom is -0.384 e. The molecule has 2 heterocycles. The Morgan fingerprint density at radius 1 is 1.15 bits per heavy atom. The van der Waals surface area contributed by atoms with E-state index >= 15 is 0 Å². The molecule has 0 spiro atoms. The van der Waals surface area contributed by atoms with Gasteiger partial charge >= 0.3 is 6.18 Å². The zero-order chi connectivity index (χ0) is 19.4. The number of benzene rings is 1. The van der Waals surface area contributed by atoms with Crippen LogP contribution >= 0.6 is 15.9 Å². The highest BCUT2D eigenvalue weighted by molar-refractivity contribution is 9.10. The van der Waals surface area contributed by atoms with Crippen molar-refractivity contribution in [2.24, 2.45) is 0 Å². The number of halogens is 4. The molecule has 2 aromatic rings. The number of carbonyl (C=O) groups excluding carboxylic acids is 2. The summed E-state index contributed by atoms with van der Waals surface area (Å²) in [6, 6.07) is 3.70. The van der Waals surface area contributed by atoms with Crippen molar-refractivity contribution in [2.75, 3.05) is 5.73 Å². The van der Waals surface area contributed by atoms with Gasteiger partial charge in [0, 0.05) is 10.5 Å². The Morgan fingerprint density at radius 3 is 2.38 bits per heavy atom. The Bertz CT molecular complexity index is 1100. The molecule has 1 aromatic carbocycles. The van der Waals surface area contributed by atoms with Crippen LogP contribution in [0.25, 0.3) is 5.69 Å². The zero-order valence-corrected chi connectivity index (χ0v) is 14.0. The number of nitrogens with one attached hydrogen (secondary N) is 1. The number of carbonyl (C=O) groups is 2. The second kappa shape index (κ2) is 5.70. The number of imide groups is 1. The number of anilines is 1. The number of nitriles is 1. The van der Waals surface area contributed by atoms with Crippen molar-refractivity contribution >= 4 is 33.6 Å². The number of hydrogen-bond acceptors (Lipinski definition) is 5. The van der Waals surface area contributed by atoms with Crippen molar-refractivity contribution < 1.29 is 22.8 Å². The molecule has 0 aliphatic carbocycles. The molecule has 132 valence electrons. The normalized spacial score (nSPS) is 13.3. The molecule has 0 bridgehead atoms. The molecule has 0 saturated heterocycles. The van der Waals surface area contributed by atoms with E-state index in [0.29, 0.717) is 10.6 Å². The lowest BCUT2D eigenvalue weighted by Crippen LogP contribution is -2.25. The molecule has 7 nitrogen and oxygen atoms in total. The lowest BCUT2D eigenvalue weighted by Gasteiger charge is -2.16. The fraction of sp³-hybridized carbons (Fsp3) is 0.0667. The third-order valence-electron chi connectivity index (χ3n) is 3.71. The summed E-state index contributed by atoms with van der Waals surface area (Å²) in [6.07, 6.45) is -4.86. The smallest absolute Gasteiger partial charge is 0.384 e. The molecular weight excluding hydrogens is 421 g/mol. The zero-order valence-electron chi connectivity index (χ0n) is 12.4. The van der Waals surface area contributed by atoms with Gasteiger partial charge in [-0.05, 0) is 28.1 Å². The largest absolute Gasteiger partial charge is 0.417 e. The topological polar surface area (TPSA) is 118 Å². The van der Waals surface area contributed by atoms with Crippen molar-refractivity contribution in [3.8, 4) is 11.8 Å². The lowest BCUT2D eigenvalue weighted by molar-refractivity contribution is -0.137. The van der Waals surface area contributed by atoms with Crippen LogP contribution in [-0.2, 0) is 6.18 Å². The van der Waals surface area contributed by atoms with Crippen molar-refractivity contribution in [1.82, 2.24) is 9.88 Å². The summed E-state index contributed by atoms with van der Waals surface area (Å²) in [5, 5.41) is 10.9. The van der Waals surface area contributed by atoms with Gasteiger partial charge in [0.15, 0.2) is 0 Å². The Balaban J connectivity index is 2.38. The van der Waals surface area contributed by atoms with E-state index in [1.165, 1.54) is 6.07 Å². The Labute approximate surface area is 151 Å². The molecule has 3 N–H and O–H groups in total. The van der Waals surface area contributed by atoms with E-state index in [2.05, 4.69) is 15.9 Å². The number of amides is 2. The highest BCUT2D eigenvalue weighted by Gasteiger charge is 2.36. The predicted molar refractivity (Wildman–Crippen MR) is 85.7 cm³/mol. The van der Waals surface area contributed by atoms with Gasteiger partial charge in [-0.15, -0.1) is 0 Å². The van der Waals surface area contributed by atoms with Gasteiger partial charge in [-0.1, -0.05) is 0 Å². The van der Waals surface area contributed by atoms with Crippen molar-refractivity contribution in [3.05, 3.63) is 55.3 Å². The fourth-order valence-corrected chi connectivity index (χ4v) is 3.11. The molecular formula is C15H6BrF3N4O3. The van der Waals surface area contributed by atoms with Crippen LogP contribution in [0.2, 0.25) is 0 Å². The summed E-state index contributed by atoms with van der Waals surface area (Å²) in [6.45, 7) is 0. The minimum absolute atomic E-state index is 0.0273. The summed E-state index contributed by atoms with van der Waals surface area (Å²) < 4.78 is 40.2. The quantitative estimate of drug-likeness (QED) is 0.675. The number of alkyl halides is 3. The average molecular weight is 427 g/mol. The summed E-state index contributed by atoms with van der Waals surface area (Å²) >= 11 is 3.00.